The van der Waals surface area contributed by atoms with E-state index in [-0.39, 0.29) is 5.91 Å². The summed E-state index contributed by atoms with van der Waals surface area (Å²) < 4.78 is 5.26. The molecule has 6 heteroatoms. The molecule has 0 bridgehead atoms. The van der Waals surface area contributed by atoms with Crippen LogP contribution in [0.15, 0.2) is 0 Å². The third kappa shape index (κ3) is 3.22. The predicted octanol–water partition coefficient (Wildman–Crippen LogP) is 1.05. The van der Waals surface area contributed by atoms with E-state index in [0.29, 0.717) is 37.7 Å². The van der Waals surface area contributed by atoms with Gasteiger partial charge < -0.3 is 15.4 Å². The van der Waals surface area contributed by atoms with Gasteiger partial charge in [-0.1, -0.05) is 6.92 Å². The lowest BCUT2D eigenvalue weighted by Crippen LogP contribution is -2.34. The molecule has 1 amide bonds. The molecule has 0 saturated heterocycles. The number of ether oxygens (including phenoxy) is 1. The number of nitrogens with two attached hydrogens (primary N) is 1. The van der Waals surface area contributed by atoms with Gasteiger partial charge in [0, 0.05) is 19.7 Å². The number of amides is 1. The quantitative estimate of drug-likeness (QED) is 0.712. The monoisotopic (exact) mass is 254 g/mol. The molecule has 102 valence electrons. The van der Waals surface area contributed by atoms with Crippen LogP contribution in [-0.2, 0) is 11.2 Å². The number of aromatic amines is 1. The Morgan fingerprint density at radius 1 is 1.44 bits per heavy atom. The molecular formula is C12H22N4O2. The van der Waals surface area contributed by atoms with E-state index in [0.717, 1.165) is 12.1 Å². The largest absolute Gasteiger partial charge is 0.395 e. The standard InChI is InChI=1S/C12H22N4O2/c1-4-9-10(13)11(15-14-9)12(17)16(5-2)7-8-18-6-3/h4-8,13H2,1-3H3,(H,14,15). The molecule has 0 fully saturated rings. The van der Waals surface area contributed by atoms with E-state index < -0.39 is 0 Å². The number of nitrogens with zero attached hydrogens (tertiary/aromatic N) is 2. The number of nitrogens with one attached hydrogen (secondary N) is 1. The normalized spacial score (nSPS) is 10.6. The maximum absolute atomic E-state index is 12.2. The summed E-state index contributed by atoms with van der Waals surface area (Å²) in [5, 5.41) is 6.80. The minimum Gasteiger partial charge on any atom is -0.395 e. The number of carbonyl (C=O) groups excluding carboxylic acids is 1. The number of aromatic nitrogens is 2. The Balaban J connectivity index is 2.73. The van der Waals surface area contributed by atoms with Crippen LogP contribution in [0.3, 0.4) is 0 Å². The van der Waals surface area contributed by atoms with Gasteiger partial charge in [0.05, 0.1) is 18.0 Å². The molecule has 0 aliphatic rings. The maximum Gasteiger partial charge on any atom is 0.276 e. The molecule has 0 aliphatic heterocycles. The van der Waals surface area contributed by atoms with Crippen LogP contribution in [0.2, 0.25) is 0 Å². The smallest absolute Gasteiger partial charge is 0.276 e. The van der Waals surface area contributed by atoms with Crippen molar-refractivity contribution in [2.75, 3.05) is 32.0 Å². The SMILES string of the molecule is CCOCCN(CC)C(=O)c1n[nH]c(CC)c1N. The van der Waals surface area contributed by atoms with Crippen LogP contribution >= 0.6 is 0 Å². The molecule has 0 radical (unpaired) electrons. The zero-order valence-corrected chi connectivity index (χ0v) is 11.3. The van der Waals surface area contributed by atoms with Crippen molar-refractivity contribution < 1.29 is 9.53 Å². The Bertz CT molecular complexity index is 389. The third-order valence-electron chi connectivity index (χ3n) is 2.82. The number of nitrogen functional groups attached to an aromatic ring is 1. The average molecular weight is 254 g/mol. The molecule has 0 saturated carbocycles. The summed E-state index contributed by atoms with van der Waals surface area (Å²) in [4.78, 5) is 13.9. The molecule has 1 heterocycles. The van der Waals surface area contributed by atoms with Crippen LogP contribution in [0.25, 0.3) is 0 Å². The summed E-state index contributed by atoms with van der Waals surface area (Å²) >= 11 is 0. The van der Waals surface area contributed by atoms with E-state index in [2.05, 4.69) is 10.2 Å². The molecule has 18 heavy (non-hydrogen) atoms. The Morgan fingerprint density at radius 2 is 2.17 bits per heavy atom. The van der Waals surface area contributed by atoms with Crippen LogP contribution in [0.4, 0.5) is 5.69 Å². The van der Waals surface area contributed by atoms with E-state index in [1.165, 1.54) is 0 Å². The summed E-state index contributed by atoms with van der Waals surface area (Å²) in [7, 11) is 0. The molecular weight excluding hydrogens is 232 g/mol. The van der Waals surface area contributed by atoms with Crippen molar-refractivity contribution in [3.8, 4) is 0 Å². The van der Waals surface area contributed by atoms with E-state index >= 15 is 0 Å². The zero-order valence-electron chi connectivity index (χ0n) is 11.3. The van der Waals surface area contributed by atoms with Gasteiger partial charge >= 0.3 is 0 Å². The minimum atomic E-state index is -0.148. The lowest BCUT2D eigenvalue weighted by atomic mass is 10.2. The number of rotatable bonds is 7. The fourth-order valence-corrected chi connectivity index (χ4v) is 1.69. The van der Waals surface area contributed by atoms with Gasteiger partial charge in [-0.15, -0.1) is 0 Å². The first-order valence-corrected chi connectivity index (χ1v) is 6.35. The highest BCUT2D eigenvalue weighted by atomic mass is 16.5. The van der Waals surface area contributed by atoms with Crippen LogP contribution < -0.4 is 5.73 Å². The lowest BCUT2D eigenvalue weighted by Gasteiger charge is -2.19. The van der Waals surface area contributed by atoms with Gasteiger partial charge in [0.1, 0.15) is 0 Å². The highest BCUT2D eigenvalue weighted by Gasteiger charge is 2.21. The fraction of sp³-hybridized carbons (Fsp3) is 0.667. The summed E-state index contributed by atoms with van der Waals surface area (Å²) in [6, 6.07) is 0. The minimum absolute atomic E-state index is 0.148. The molecule has 1 rings (SSSR count). The van der Waals surface area contributed by atoms with Gasteiger partial charge in [0.15, 0.2) is 5.69 Å². The second kappa shape index (κ2) is 7.00. The molecule has 0 unspecified atom stereocenters. The fourth-order valence-electron chi connectivity index (χ4n) is 1.69. The maximum atomic E-state index is 12.2. The number of hydrogen-bond acceptors (Lipinski definition) is 4. The Labute approximate surface area is 107 Å². The van der Waals surface area contributed by atoms with E-state index in [1.807, 2.05) is 20.8 Å². The molecule has 0 spiro atoms. The summed E-state index contributed by atoms with van der Waals surface area (Å²) in [6.07, 6.45) is 0.733. The van der Waals surface area contributed by atoms with E-state index in [9.17, 15) is 4.79 Å². The summed E-state index contributed by atoms with van der Waals surface area (Å²) in [5.41, 5.74) is 7.46. The highest BCUT2D eigenvalue weighted by molar-refractivity contribution is 5.97. The van der Waals surface area contributed by atoms with Crippen LogP contribution in [0.5, 0.6) is 0 Å². The Hall–Kier alpha value is -1.56. The van der Waals surface area contributed by atoms with Gasteiger partial charge in [0.2, 0.25) is 0 Å². The Morgan fingerprint density at radius 3 is 2.67 bits per heavy atom. The first-order chi connectivity index (χ1) is 8.65. The molecule has 6 nitrogen and oxygen atoms in total. The van der Waals surface area contributed by atoms with Crippen LogP contribution in [-0.4, -0.2) is 47.3 Å². The number of carbonyl (C=O) groups is 1. The molecule has 0 aromatic carbocycles. The van der Waals surface area contributed by atoms with Crippen molar-refractivity contribution in [3.63, 3.8) is 0 Å². The van der Waals surface area contributed by atoms with Crippen LogP contribution in [0, 0.1) is 0 Å². The highest BCUT2D eigenvalue weighted by Crippen LogP contribution is 2.16. The third-order valence-corrected chi connectivity index (χ3v) is 2.82. The van der Waals surface area contributed by atoms with Gasteiger partial charge in [0.25, 0.3) is 5.91 Å². The zero-order chi connectivity index (χ0) is 13.5. The van der Waals surface area contributed by atoms with Gasteiger partial charge in [-0.2, -0.15) is 5.10 Å². The molecule has 0 aliphatic carbocycles. The number of aryl methyl sites for hydroxylation is 1. The number of H-pyrrole nitrogens is 1. The number of hydrogen-bond donors (Lipinski definition) is 2. The van der Waals surface area contributed by atoms with Crippen molar-refractivity contribution in [2.45, 2.75) is 27.2 Å². The topological polar surface area (TPSA) is 84.2 Å². The van der Waals surface area contributed by atoms with Crippen molar-refractivity contribution in [2.24, 2.45) is 0 Å². The second-order valence-corrected chi connectivity index (χ2v) is 3.90. The van der Waals surface area contributed by atoms with E-state index in [4.69, 9.17) is 10.5 Å². The Kier molecular flexibility index (Phi) is 5.64. The van der Waals surface area contributed by atoms with Crippen molar-refractivity contribution >= 4 is 11.6 Å². The number of anilines is 1. The lowest BCUT2D eigenvalue weighted by molar-refractivity contribution is 0.0664. The second-order valence-electron chi connectivity index (χ2n) is 3.90. The van der Waals surface area contributed by atoms with Crippen molar-refractivity contribution in [1.82, 2.24) is 15.1 Å². The van der Waals surface area contributed by atoms with Gasteiger partial charge in [-0.05, 0) is 20.3 Å². The molecule has 0 atom stereocenters. The predicted molar refractivity (Wildman–Crippen MR) is 70.4 cm³/mol. The first-order valence-electron chi connectivity index (χ1n) is 6.35. The van der Waals surface area contributed by atoms with Crippen molar-refractivity contribution in [3.05, 3.63) is 11.4 Å². The summed E-state index contributed by atoms with van der Waals surface area (Å²) in [5.74, 6) is -0.148. The summed E-state index contributed by atoms with van der Waals surface area (Å²) in [6.45, 7) is 8.16. The van der Waals surface area contributed by atoms with Crippen molar-refractivity contribution in [1.29, 1.82) is 0 Å². The average Bonchev–Trinajstić information content (AvgIpc) is 2.75. The van der Waals surface area contributed by atoms with Gasteiger partial charge in [-0.3, -0.25) is 9.89 Å². The van der Waals surface area contributed by atoms with E-state index in [1.54, 1.807) is 4.90 Å². The number of likely N-dealkylation sites (N-methyl/N-ethyl adjacent to an activating group) is 1. The van der Waals surface area contributed by atoms with Gasteiger partial charge in [-0.25, -0.2) is 0 Å². The molecule has 3 N–H and O–H groups in total. The molecule has 1 aromatic heterocycles. The van der Waals surface area contributed by atoms with Crippen LogP contribution in [0.1, 0.15) is 37.0 Å². The molecule has 1 aromatic rings. The first kappa shape index (κ1) is 14.5.